The minimum absolute atomic E-state index is 0.0372. The molecule has 0 N–H and O–H groups in total. The molecule has 126 valence electrons. The Labute approximate surface area is 141 Å². The molecule has 2 aromatic rings. The van der Waals surface area contributed by atoms with E-state index >= 15 is 0 Å². The molecule has 0 spiro atoms. The predicted octanol–water partition coefficient (Wildman–Crippen LogP) is 2.72. The van der Waals surface area contributed by atoms with Crippen LogP contribution < -0.4 is 0 Å². The number of para-hydroxylation sites is 1. The number of hydrogen-bond donors (Lipinski definition) is 0. The number of carbonyl (C=O) groups is 2. The van der Waals surface area contributed by atoms with Gasteiger partial charge < -0.3 is 9.64 Å². The molecule has 1 amide bonds. The molecular formula is C19H22N2O3. The van der Waals surface area contributed by atoms with Gasteiger partial charge in [0.1, 0.15) is 6.04 Å². The van der Waals surface area contributed by atoms with E-state index in [1.165, 1.54) is 0 Å². The van der Waals surface area contributed by atoms with Crippen LogP contribution in [0.15, 0.2) is 36.5 Å². The van der Waals surface area contributed by atoms with Gasteiger partial charge in [-0.2, -0.15) is 0 Å². The second-order valence-electron chi connectivity index (χ2n) is 6.06. The highest BCUT2D eigenvalue weighted by atomic mass is 16.5. The van der Waals surface area contributed by atoms with Crippen LogP contribution in [0.25, 0.3) is 10.9 Å². The number of rotatable bonds is 4. The Kier molecular flexibility index (Phi) is 5.08. The van der Waals surface area contributed by atoms with Crippen molar-refractivity contribution in [3.63, 3.8) is 0 Å². The fourth-order valence-corrected chi connectivity index (χ4v) is 3.20. The number of likely N-dealkylation sites (tertiary alicyclic amines) is 1. The molecule has 0 unspecified atom stereocenters. The average Bonchev–Trinajstić information content (AvgIpc) is 2.62. The number of ether oxygens (including phenoxy) is 1. The van der Waals surface area contributed by atoms with Crippen molar-refractivity contribution in [2.75, 3.05) is 13.2 Å². The van der Waals surface area contributed by atoms with Gasteiger partial charge in [0.15, 0.2) is 0 Å². The number of esters is 1. The summed E-state index contributed by atoms with van der Waals surface area (Å²) in [6, 6.07) is 9.37. The van der Waals surface area contributed by atoms with Crippen LogP contribution in [0.2, 0.25) is 0 Å². The molecule has 0 saturated carbocycles. The van der Waals surface area contributed by atoms with Crippen LogP contribution in [0.1, 0.15) is 31.7 Å². The number of piperidine rings is 1. The summed E-state index contributed by atoms with van der Waals surface area (Å²) >= 11 is 0. The van der Waals surface area contributed by atoms with Gasteiger partial charge in [0.2, 0.25) is 5.91 Å². The fraction of sp³-hybridized carbons (Fsp3) is 0.421. The van der Waals surface area contributed by atoms with Gasteiger partial charge >= 0.3 is 5.97 Å². The normalized spacial score (nSPS) is 17.7. The number of hydrogen-bond acceptors (Lipinski definition) is 4. The lowest BCUT2D eigenvalue weighted by molar-refractivity contribution is -0.156. The van der Waals surface area contributed by atoms with Gasteiger partial charge in [-0.25, -0.2) is 4.79 Å². The number of pyridine rings is 1. The topological polar surface area (TPSA) is 59.5 Å². The Morgan fingerprint density at radius 3 is 2.96 bits per heavy atom. The van der Waals surface area contributed by atoms with Crippen molar-refractivity contribution >= 4 is 22.8 Å². The molecule has 1 aliphatic heterocycles. The summed E-state index contributed by atoms with van der Waals surface area (Å²) < 4.78 is 5.12. The Balaban J connectivity index is 1.74. The summed E-state index contributed by atoms with van der Waals surface area (Å²) in [6.45, 7) is 2.74. The molecule has 0 aliphatic carbocycles. The minimum atomic E-state index is -0.445. The maximum atomic E-state index is 12.7. The van der Waals surface area contributed by atoms with Crippen LogP contribution in [-0.2, 0) is 20.7 Å². The van der Waals surface area contributed by atoms with Crippen LogP contribution in [0.4, 0.5) is 0 Å². The maximum Gasteiger partial charge on any atom is 0.328 e. The van der Waals surface area contributed by atoms with Gasteiger partial charge in [-0.05, 0) is 43.9 Å². The molecule has 5 heteroatoms. The summed E-state index contributed by atoms with van der Waals surface area (Å²) in [5.41, 5.74) is 1.78. The lowest BCUT2D eigenvalue weighted by atomic mass is 10.0. The highest BCUT2D eigenvalue weighted by Crippen LogP contribution is 2.20. The number of aromatic nitrogens is 1. The maximum absolute atomic E-state index is 12.7. The number of fused-ring (bicyclic) bond motifs is 1. The van der Waals surface area contributed by atoms with E-state index in [4.69, 9.17) is 4.74 Å². The Bertz CT molecular complexity index is 744. The van der Waals surface area contributed by atoms with Crippen molar-refractivity contribution in [1.29, 1.82) is 0 Å². The van der Waals surface area contributed by atoms with Gasteiger partial charge in [0.25, 0.3) is 0 Å². The lowest BCUT2D eigenvalue weighted by Crippen LogP contribution is -2.49. The standard InChI is InChI=1S/C19H22N2O3/c1-2-24-19(23)17-9-5-6-10-21(17)18(22)12-14-11-15-7-3-4-8-16(15)20-13-14/h3-4,7-8,11,13,17H,2,5-6,9-10,12H2,1H3/t17-/m0/s1. The smallest absolute Gasteiger partial charge is 0.328 e. The molecule has 1 aromatic carbocycles. The van der Waals surface area contributed by atoms with Gasteiger partial charge in [0, 0.05) is 18.1 Å². The molecule has 1 aromatic heterocycles. The first-order valence-electron chi connectivity index (χ1n) is 8.49. The Morgan fingerprint density at radius 2 is 2.12 bits per heavy atom. The van der Waals surface area contributed by atoms with Crippen LogP contribution in [-0.4, -0.2) is 41.0 Å². The van der Waals surface area contributed by atoms with E-state index in [0.717, 1.165) is 29.3 Å². The Hall–Kier alpha value is -2.43. The molecule has 0 bridgehead atoms. The third kappa shape index (κ3) is 3.55. The first-order valence-corrected chi connectivity index (χ1v) is 8.49. The fourth-order valence-electron chi connectivity index (χ4n) is 3.20. The van der Waals surface area contributed by atoms with E-state index < -0.39 is 6.04 Å². The summed E-state index contributed by atoms with van der Waals surface area (Å²) in [5, 5.41) is 1.02. The second kappa shape index (κ2) is 7.43. The second-order valence-corrected chi connectivity index (χ2v) is 6.06. The van der Waals surface area contributed by atoms with E-state index in [0.29, 0.717) is 19.6 Å². The van der Waals surface area contributed by atoms with Crippen molar-refractivity contribution in [2.45, 2.75) is 38.6 Å². The van der Waals surface area contributed by atoms with Crippen molar-refractivity contribution in [3.05, 3.63) is 42.1 Å². The van der Waals surface area contributed by atoms with E-state index in [1.54, 1.807) is 18.0 Å². The first kappa shape index (κ1) is 16.4. The molecule has 1 fully saturated rings. The SMILES string of the molecule is CCOC(=O)[C@@H]1CCCCN1C(=O)Cc1cnc2ccccc2c1. The molecule has 1 saturated heterocycles. The molecule has 1 aliphatic rings. The zero-order chi connectivity index (χ0) is 16.9. The number of benzene rings is 1. The highest BCUT2D eigenvalue weighted by molar-refractivity contribution is 5.87. The van der Waals surface area contributed by atoms with E-state index in [1.807, 2.05) is 30.3 Å². The van der Waals surface area contributed by atoms with Gasteiger partial charge in [0.05, 0.1) is 18.5 Å². The zero-order valence-electron chi connectivity index (χ0n) is 13.9. The quantitative estimate of drug-likeness (QED) is 0.811. The monoisotopic (exact) mass is 326 g/mol. The van der Waals surface area contributed by atoms with Gasteiger partial charge in [-0.1, -0.05) is 18.2 Å². The number of nitrogens with zero attached hydrogens (tertiary/aromatic N) is 2. The van der Waals surface area contributed by atoms with Crippen molar-refractivity contribution < 1.29 is 14.3 Å². The van der Waals surface area contributed by atoms with E-state index in [9.17, 15) is 9.59 Å². The molecule has 5 nitrogen and oxygen atoms in total. The first-order chi connectivity index (χ1) is 11.7. The third-order valence-electron chi connectivity index (χ3n) is 4.38. The van der Waals surface area contributed by atoms with Gasteiger partial charge in [-0.15, -0.1) is 0 Å². The molecule has 0 radical (unpaired) electrons. The molecule has 3 rings (SSSR count). The number of amides is 1. The van der Waals surface area contributed by atoms with Crippen molar-refractivity contribution in [1.82, 2.24) is 9.88 Å². The predicted molar refractivity (Wildman–Crippen MR) is 91.4 cm³/mol. The van der Waals surface area contributed by atoms with Crippen molar-refractivity contribution in [2.24, 2.45) is 0 Å². The average molecular weight is 326 g/mol. The van der Waals surface area contributed by atoms with E-state index in [2.05, 4.69) is 4.98 Å². The van der Waals surface area contributed by atoms with Crippen LogP contribution in [0, 0.1) is 0 Å². The molecule has 1 atom stereocenters. The summed E-state index contributed by atoms with van der Waals surface area (Å²) in [6.07, 6.45) is 4.56. The van der Waals surface area contributed by atoms with E-state index in [-0.39, 0.29) is 18.3 Å². The van der Waals surface area contributed by atoms with Crippen molar-refractivity contribution in [3.8, 4) is 0 Å². The molecular weight excluding hydrogens is 304 g/mol. The zero-order valence-corrected chi connectivity index (χ0v) is 13.9. The van der Waals surface area contributed by atoms with Crippen LogP contribution >= 0.6 is 0 Å². The molecule has 24 heavy (non-hydrogen) atoms. The Morgan fingerprint density at radius 1 is 1.29 bits per heavy atom. The summed E-state index contributed by atoms with van der Waals surface area (Å²) in [4.78, 5) is 30.9. The minimum Gasteiger partial charge on any atom is -0.464 e. The number of carbonyl (C=O) groups excluding carboxylic acids is 2. The highest BCUT2D eigenvalue weighted by Gasteiger charge is 2.32. The van der Waals surface area contributed by atoms with Crippen LogP contribution in [0.3, 0.4) is 0 Å². The van der Waals surface area contributed by atoms with Crippen LogP contribution in [0.5, 0.6) is 0 Å². The molecule has 2 heterocycles. The summed E-state index contributed by atoms with van der Waals surface area (Å²) in [5.74, 6) is -0.327. The largest absolute Gasteiger partial charge is 0.464 e. The lowest BCUT2D eigenvalue weighted by Gasteiger charge is -2.34. The van der Waals surface area contributed by atoms with Gasteiger partial charge in [-0.3, -0.25) is 9.78 Å². The summed E-state index contributed by atoms with van der Waals surface area (Å²) in [7, 11) is 0. The third-order valence-corrected chi connectivity index (χ3v) is 4.38.